The van der Waals surface area contributed by atoms with Crippen LogP contribution in [0.2, 0.25) is 0 Å². The van der Waals surface area contributed by atoms with Crippen LogP contribution in [0.25, 0.3) is 0 Å². The van der Waals surface area contributed by atoms with Crippen LogP contribution in [0.5, 0.6) is 0 Å². The van der Waals surface area contributed by atoms with Crippen molar-refractivity contribution in [3.8, 4) is 0 Å². The molecule has 1 aliphatic heterocycles. The summed E-state index contributed by atoms with van der Waals surface area (Å²) in [6.45, 7) is 7.87. The van der Waals surface area contributed by atoms with Crippen LogP contribution < -0.4 is 0 Å². The Kier molecular flexibility index (Phi) is 4.69. The lowest BCUT2D eigenvalue weighted by Gasteiger charge is -2.34. The van der Waals surface area contributed by atoms with Crippen LogP contribution in [0.1, 0.15) is 33.6 Å². The Labute approximate surface area is 70.2 Å². The monoisotopic (exact) mass is 159 g/mol. The highest BCUT2D eigenvalue weighted by Crippen LogP contribution is 2.18. The smallest absolute Gasteiger partial charge is 0.0746 e. The molecule has 0 spiro atoms. The highest BCUT2D eigenvalue weighted by molar-refractivity contribution is 4.80. The van der Waals surface area contributed by atoms with Crippen molar-refractivity contribution in [2.45, 2.75) is 39.2 Å². The molecule has 0 amide bonds. The van der Waals surface area contributed by atoms with Crippen LogP contribution in [0.15, 0.2) is 0 Å². The van der Waals surface area contributed by atoms with Crippen LogP contribution in [0.4, 0.5) is 0 Å². The Morgan fingerprint density at radius 1 is 1.36 bits per heavy atom. The Bertz CT molecular complexity index is 102. The second-order valence-electron chi connectivity index (χ2n) is 3.34. The molecule has 0 bridgehead atoms. The minimum atomic E-state index is -0.424. The van der Waals surface area contributed by atoms with Crippen LogP contribution in [-0.2, 0) is 0 Å². The summed E-state index contributed by atoms with van der Waals surface area (Å²) in [5.41, 5.74) is -0.424. The molecule has 1 saturated heterocycles. The molecule has 0 aromatic heterocycles. The fraction of sp³-hybridized carbons (Fsp3) is 1.00. The number of hydrogen-bond acceptors (Lipinski definition) is 2. The van der Waals surface area contributed by atoms with Crippen LogP contribution in [-0.4, -0.2) is 35.7 Å². The highest BCUT2D eigenvalue weighted by Gasteiger charge is 2.25. The number of likely N-dealkylation sites (N-methyl/N-ethyl adjacent to an activating group) is 1. The van der Waals surface area contributed by atoms with Gasteiger partial charge in [0.1, 0.15) is 0 Å². The lowest BCUT2D eigenvalue weighted by Crippen LogP contribution is -2.43. The van der Waals surface area contributed by atoms with Crippen molar-refractivity contribution in [2.75, 3.05) is 20.1 Å². The van der Waals surface area contributed by atoms with E-state index in [0.29, 0.717) is 0 Å². The van der Waals surface area contributed by atoms with Gasteiger partial charge in [0.05, 0.1) is 5.60 Å². The van der Waals surface area contributed by atoms with Gasteiger partial charge in [-0.1, -0.05) is 13.8 Å². The lowest BCUT2D eigenvalue weighted by molar-refractivity contribution is -0.00684. The van der Waals surface area contributed by atoms with Crippen molar-refractivity contribution in [1.82, 2.24) is 4.90 Å². The maximum Gasteiger partial charge on any atom is 0.0746 e. The van der Waals surface area contributed by atoms with Gasteiger partial charge in [-0.15, -0.1) is 0 Å². The molecular weight excluding hydrogens is 138 g/mol. The third-order valence-electron chi connectivity index (χ3n) is 1.87. The molecule has 0 saturated carbocycles. The van der Waals surface area contributed by atoms with E-state index in [1.54, 1.807) is 0 Å². The van der Waals surface area contributed by atoms with Crippen molar-refractivity contribution >= 4 is 0 Å². The van der Waals surface area contributed by atoms with Gasteiger partial charge in [0, 0.05) is 6.54 Å². The van der Waals surface area contributed by atoms with Crippen molar-refractivity contribution < 1.29 is 5.11 Å². The number of likely N-dealkylation sites (tertiary alicyclic amines) is 1. The zero-order valence-electron chi connectivity index (χ0n) is 8.22. The van der Waals surface area contributed by atoms with Gasteiger partial charge in [-0.3, -0.25) is 0 Å². The summed E-state index contributed by atoms with van der Waals surface area (Å²) in [6, 6.07) is 0. The highest BCUT2D eigenvalue weighted by atomic mass is 16.3. The largest absolute Gasteiger partial charge is 0.389 e. The fourth-order valence-corrected chi connectivity index (χ4v) is 1.47. The summed E-state index contributed by atoms with van der Waals surface area (Å²) in [5, 5.41) is 9.50. The van der Waals surface area contributed by atoms with Crippen LogP contribution in [0, 0.1) is 0 Å². The zero-order valence-corrected chi connectivity index (χ0v) is 8.22. The molecule has 0 unspecified atom stereocenters. The molecule has 1 aliphatic rings. The van der Waals surface area contributed by atoms with E-state index in [1.807, 2.05) is 27.8 Å². The second kappa shape index (κ2) is 4.73. The van der Waals surface area contributed by atoms with E-state index in [2.05, 4.69) is 4.90 Å². The second-order valence-corrected chi connectivity index (χ2v) is 3.34. The van der Waals surface area contributed by atoms with Gasteiger partial charge in [-0.25, -0.2) is 0 Å². The Morgan fingerprint density at radius 2 is 1.91 bits per heavy atom. The first-order chi connectivity index (χ1) is 5.10. The normalized spacial score (nSPS) is 32.5. The lowest BCUT2D eigenvalue weighted by atomic mass is 9.96. The van der Waals surface area contributed by atoms with Gasteiger partial charge in [0.25, 0.3) is 0 Å². The Morgan fingerprint density at radius 3 is 2.18 bits per heavy atom. The molecule has 1 atom stereocenters. The van der Waals surface area contributed by atoms with Gasteiger partial charge in [-0.2, -0.15) is 0 Å². The van der Waals surface area contributed by atoms with Gasteiger partial charge in [0.15, 0.2) is 0 Å². The third-order valence-corrected chi connectivity index (χ3v) is 1.87. The Hall–Kier alpha value is -0.0800. The van der Waals surface area contributed by atoms with Crippen molar-refractivity contribution in [1.29, 1.82) is 0 Å². The third kappa shape index (κ3) is 4.38. The first-order valence-electron chi connectivity index (χ1n) is 4.51. The van der Waals surface area contributed by atoms with E-state index in [4.69, 9.17) is 0 Å². The molecule has 11 heavy (non-hydrogen) atoms. The molecule has 1 heterocycles. The zero-order chi connectivity index (χ0) is 8.91. The van der Waals surface area contributed by atoms with Gasteiger partial charge in [-0.05, 0) is 33.4 Å². The predicted octanol–water partition coefficient (Wildman–Crippen LogP) is 1.49. The quantitative estimate of drug-likeness (QED) is 0.579. The molecular formula is C9H21NO. The molecule has 2 nitrogen and oxygen atoms in total. The molecule has 0 aliphatic carbocycles. The maximum atomic E-state index is 9.50. The van der Waals surface area contributed by atoms with Gasteiger partial charge in [0.2, 0.25) is 0 Å². The summed E-state index contributed by atoms with van der Waals surface area (Å²) < 4.78 is 0. The SMILES string of the molecule is CC.CN1CCC[C@](C)(O)C1. The van der Waals surface area contributed by atoms with E-state index in [9.17, 15) is 5.11 Å². The summed E-state index contributed by atoms with van der Waals surface area (Å²) in [7, 11) is 2.05. The number of nitrogens with zero attached hydrogens (tertiary/aromatic N) is 1. The molecule has 0 aromatic rings. The van der Waals surface area contributed by atoms with E-state index in [1.165, 1.54) is 0 Å². The number of piperidine rings is 1. The van der Waals surface area contributed by atoms with Gasteiger partial charge < -0.3 is 10.0 Å². The van der Waals surface area contributed by atoms with E-state index in [-0.39, 0.29) is 0 Å². The molecule has 0 aromatic carbocycles. The molecule has 0 radical (unpaired) electrons. The first-order valence-corrected chi connectivity index (χ1v) is 4.51. The van der Waals surface area contributed by atoms with Crippen molar-refractivity contribution in [3.05, 3.63) is 0 Å². The topological polar surface area (TPSA) is 23.5 Å². The van der Waals surface area contributed by atoms with E-state index >= 15 is 0 Å². The molecule has 1 rings (SSSR count). The standard InChI is InChI=1S/C7H15NO.C2H6/c1-7(9)4-3-5-8(2)6-7;1-2/h9H,3-6H2,1-2H3;1-2H3/t7-;/m0./s1. The summed E-state index contributed by atoms with van der Waals surface area (Å²) in [5.74, 6) is 0. The summed E-state index contributed by atoms with van der Waals surface area (Å²) in [6.07, 6.45) is 2.08. The summed E-state index contributed by atoms with van der Waals surface area (Å²) in [4.78, 5) is 2.17. The maximum absolute atomic E-state index is 9.50. The molecule has 2 heteroatoms. The minimum Gasteiger partial charge on any atom is -0.389 e. The molecule has 1 fully saturated rings. The average molecular weight is 159 g/mol. The summed E-state index contributed by atoms with van der Waals surface area (Å²) >= 11 is 0. The first kappa shape index (κ1) is 10.9. The number of hydrogen-bond donors (Lipinski definition) is 1. The number of aliphatic hydroxyl groups is 1. The minimum absolute atomic E-state index is 0.424. The molecule has 1 N–H and O–H groups in total. The van der Waals surface area contributed by atoms with Crippen LogP contribution >= 0.6 is 0 Å². The van der Waals surface area contributed by atoms with E-state index < -0.39 is 5.60 Å². The number of rotatable bonds is 0. The predicted molar refractivity (Wildman–Crippen MR) is 48.7 cm³/mol. The fourth-order valence-electron chi connectivity index (χ4n) is 1.47. The Balaban J connectivity index is 0.000000461. The molecule has 68 valence electrons. The van der Waals surface area contributed by atoms with Crippen molar-refractivity contribution in [3.63, 3.8) is 0 Å². The average Bonchev–Trinajstić information content (AvgIpc) is 1.89. The van der Waals surface area contributed by atoms with Crippen molar-refractivity contribution in [2.24, 2.45) is 0 Å². The van der Waals surface area contributed by atoms with E-state index in [0.717, 1.165) is 25.9 Å². The van der Waals surface area contributed by atoms with Gasteiger partial charge >= 0.3 is 0 Å². The number of β-amino-alcohol motifs (C(OH)–C–C–N with tert-alkyl or cyclic N) is 1. The van der Waals surface area contributed by atoms with Crippen LogP contribution in [0.3, 0.4) is 0 Å².